The van der Waals surface area contributed by atoms with Crippen molar-refractivity contribution in [2.45, 2.75) is 71.4 Å². The number of Topliss-reactive ketones (excluding diaryl/α,β-unsaturated/α-hetero) is 1. The van der Waals surface area contributed by atoms with Crippen molar-refractivity contribution < 1.29 is 52.7 Å². The van der Waals surface area contributed by atoms with Crippen molar-refractivity contribution in [3.63, 3.8) is 0 Å². The van der Waals surface area contributed by atoms with Crippen LogP contribution in [-0.2, 0) is 39.8 Å². The maximum Gasteiger partial charge on any atom is 0.344 e. The van der Waals surface area contributed by atoms with Crippen LogP contribution in [0.5, 0.6) is 17.2 Å². The van der Waals surface area contributed by atoms with Gasteiger partial charge in [-0.2, -0.15) is 0 Å². The molecule has 0 bridgehead atoms. The van der Waals surface area contributed by atoms with Crippen LogP contribution in [0.1, 0.15) is 70.1 Å². The molecule has 1 amide bonds. The summed E-state index contributed by atoms with van der Waals surface area (Å²) in [5.41, 5.74) is 0.712. The number of carbonyl (C=O) groups is 4. The number of hydrogen-bond donors (Lipinski definition) is 1. The van der Waals surface area contributed by atoms with Gasteiger partial charge in [0.25, 0.3) is 5.91 Å². The zero-order valence-electron chi connectivity index (χ0n) is 28.7. The Morgan fingerprint density at radius 3 is 2.46 bits per heavy atom. The van der Waals surface area contributed by atoms with E-state index in [0.717, 1.165) is 12.0 Å². The van der Waals surface area contributed by atoms with E-state index in [1.54, 1.807) is 52.3 Å². The van der Waals surface area contributed by atoms with Crippen molar-refractivity contribution in [2.24, 2.45) is 5.41 Å². The second-order valence-corrected chi connectivity index (χ2v) is 12.1. The first-order chi connectivity index (χ1) is 23.0. The average Bonchev–Trinajstić information content (AvgIpc) is 3.11. The highest BCUT2D eigenvalue weighted by atomic mass is 16.6. The van der Waals surface area contributed by atoms with Gasteiger partial charge in [-0.05, 0) is 73.9 Å². The Morgan fingerprint density at radius 1 is 0.979 bits per heavy atom. The van der Waals surface area contributed by atoms with Gasteiger partial charge in [-0.15, -0.1) is 0 Å². The first-order valence-electron chi connectivity index (χ1n) is 16.4. The summed E-state index contributed by atoms with van der Waals surface area (Å²) >= 11 is 0. The maximum absolute atomic E-state index is 13.8. The lowest BCUT2D eigenvalue weighted by Crippen LogP contribution is -2.53. The second-order valence-electron chi connectivity index (χ2n) is 12.1. The highest BCUT2D eigenvalue weighted by Crippen LogP contribution is 2.32. The van der Waals surface area contributed by atoms with Crippen LogP contribution in [0.15, 0.2) is 42.5 Å². The summed E-state index contributed by atoms with van der Waals surface area (Å²) in [5.74, 6) is -0.818. The number of nitrogens with zero attached hydrogens (tertiary/aromatic N) is 1. The highest BCUT2D eigenvalue weighted by molar-refractivity contribution is 6.38. The summed E-state index contributed by atoms with van der Waals surface area (Å²) in [6, 6.07) is 11.6. The van der Waals surface area contributed by atoms with Crippen molar-refractivity contribution in [3.05, 3.63) is 53.6 Å². The van der Waals surface area contributed by atoms with E-state index < -0.39 is 41.2 Å². The van der Waals surface area contributed by atoms with Crippen LogP contribution < -0.4 is 14.2 Å². The molecule has 1 N–H and O–H groups in total. The molecular weight excluding hydrogens is 622 g/mol. The lowest BCUT2D eigenvalue weighted by molar-refractivity contribution is -0.164. The van der Waals surface area contributed by atoms with Gasteiger partial charge in [0.1, 0.15) is 24.5 Å². The number of benzene rings is 2. The lowest BCUT2D eigenvalue weighted by atomic mass is 9.84. The average molecular weight is 672 g/mol. The van der Waals surface area contributed by atoms with Gasteiger partial charge >= 0.3 is 11.9 Å². The molecule has 2 aromatic rings. The number of likely N-dealkylation sites (tertiary alicyclic amines) is 1. The van der Waals surface area contributed by atoms with Gasteiger partial charge in [0.05, 0.1) is 34.0 Å². The van der Waals surface area contributed by atoms with E-state index in [1.807, 2.05) is 25.1 Å². The summed E-state index contributed by atoms with van der Waals surface area (Å²) in [5, 5.41) is 8.76. The van der Waals surface area contributed by atoms with E-state index >= 15 is 0 Å². The van der Waals surface area contributed by atoms with E-state index in [0.29, 0.717) is 61.5 Å². The third-order valence-corrected chi connectivity index (χ3v) is 8.44. The number of ketones is 1. The zero-order chi connectivity index (χ0) is 35.1. The van der Waals surface area contributed by atoms with E-state index in [1.165, 1.54) is 4.90 Å². The molecule has 12 heteroatoms. The molecule has 1 fully saturated rings. The van der Waals surface area contributed by atoms with E-state index in [2.05, 4.69) is 0 Å². The normalized spacial score (nSPS) is 15.3. The van der Waals surface area contributed by atoms with Crippen LogP contribution in [-0.4, -0.2) is 93.5 Å². The molecule has 0 radical (unpaired) electrons. The highest BCUT2D eigenvalue weighted by Gasteiger charge is 2.41. The van der Waals surface area contributed by atoms with Gasteiger partial charge in [0.2, 0.25) is 5.78 Å². The van der Waals surface area contributed by atoms with Crippen LogP contribution in [0.3, 0.4) is 0 Å². The molecule has 2 aromatic carbocycles. The largest absolute Gasteiger partial charge is 0.493 e. The van der Waals surface area contributed by atoms with E-state index in [9.17, 15) is 19.2 Å². The lowest BCUT2D eigenvalue weighted by Gasteiger charge is -2.36. The molecule has 1 heterocycles. The predicted octanol–water partition coefficient (Wildman–Crippen LogP) is 4.24. The Balaban J connectivity index is 1.80. The first-order valence-corrected chi connectivity index (χ1v) is 16.4. The van der Waals surface area contributed by atoms with Gasteiger partial charge in [0.15, 0.2) is 18.1 Å². The number of carbonyl (C=O) groups excluding carboxylic acids is 4. The summed E-state index contributed by atoms with van der Waals surface area (Å²) in [4.78, 5) is 53.8. The minimum atomic E-state index is -0.887. The minimum Gasteiger partial charge on any atom is -0.493 e. The van der Waals surface area contributed by atoms with E-state index in [-0.39, 0.29) is 33.0 Å². The van der Waals surface area contributed by atoms with E-state index in [4.69, 9.17) is 33.5 Å². The number of hydrogen-bond acceptors (Lipinski definition) is 11. The maximum atomic E-state index is 13.8. The predicted molar refractivity (Wildman–Crippen MR) is 176 cm³/mol. The van der Waals surface area contributed by atoms with Crippen molar-refractivity contribution >= 4 is 23.6 Å². The number of ether oxygens (including phenoxy) is 6. The SMILES string of the molecule is CCC(C)(C)C(=O)C(=O)N1CCCCC1C(=O)O[C@H](CCc1ccc(OC)c(OC)c1)c1cccc(OCC(=O)OCCOCCO)c1. The molecule has 1 saturated heterocycles. The van der Waals surface area contributed by atoms with Crippen molar-refractivity contribution in [2.75, 3.05) is 53.8 Å². The van der Waals surface area contributed by atoms with Crippen molar-refractivity contribution in [3.8, 4) is 17.2 Å². The Kier molecular flexibility index (Phi) is 15.1. The van der Waals surface area contributed by atoms with Crippen LogP contribution in [0, 0.1) is 5.41 Å². The van der Waals surface area contributed by atoms with Crippen LogP contribution in [0.2, 0.25) is 0 Å². The standard InChI is InChI=1S/C36H49NO11/c1-6-36(2,3)33(40)34(41)37-17-8-7-12-28(37)35(42)48-29(15-13-25-14-16-30(43-4)31(22-25)44-5)26-10-9-11-27(23-26)47-24-32(39)46-21-20-45-19-18-38/h9-11,14,16,22-23,28-29,38H,6-8,12-13,15,17-21,24H2,1-5H3/t28?,29-/m1/s1. The summed E-state index contributed by atoms with van der Waals surface area (Å²) in [7, 11) is 3.12. The molecule has 12 nitrogen and oxygen atoms in total. The number of rotatable bonds is 19. The number of aliphatic hydroxyl groups is 1. The molecule has 2 atom stereocenters. The number of methoxy groups -OCH3 is 2. The van der Waals surface area contributed by atoms with Crippen LogP contribution in [0.25, 0.3) is 0 Å². The first kappa shape index (κ1) is 38.3. The summed E-state index contributed by atoms with van der Waals surface area (Å²) < 4.78 is 32.8. The number of aliphatic hydroxyl groups excluding tert-OH is 1. The molecule has 1 aliphatic heterocycles. The van der Waals surface area contributed by atoms with Gasteiger partial charge in [-0.3, -0.25) is 9.59 Å². The Morgan fingerprint density at radius 2 is 1.75 bits per heavy atom. The fourth-order valence-corrected chi connectivity index (χ4v) is 5.22. The topological polar surface area (TPSA) is 147 Å². The third kappa shape index (κ3) is 10.9. The van der Waals surface area contributed by atoms with Crippen LogP contribution >= 0.6 is 0 Å². The quantitative estimate of drug-likeness (QED) is 0.130. The smallest absolute Gasteiger partial charge is 0.344 e. The van der Waals surface area contributed by atoms with Gasteiger partial charge in [-0.25, -0.2) is 9.59 Å². The Labute approximate surface area is 282 Å². The molecule has 1 unspecified atom stereocenters. The fourth-order valence-electron chi connectivity index (χ4n) is 5.22. The summed E-state index contributed by atoms with van der Waals surface area (Å²) in [6.45, 7) is 5.49. The number of aryl methyl sites for hydroxylation is 1. The zero-order valence-corrected chi connectivity index (χ0v) is 28.7. The molecule has 0 aliphatic carbocycles. The Hall–Kier alpha value is -4.16. The number of piperidine rings is 1. The van der Waals surface area contributed by atoms with Gasteiger partial charge in [0, 0.05) is 12.0 Å². The van der Waals surface area contributed by atoms with Crippen molar-refractivity contribution in [1.82, 2.24) is 4.90 Å². The minimum absolute atomic E-state index is 0.0264. The molecule has 1 aliphatic rings. The van der Waals surface area contributed by atoms with Crippen LogP contribution in [0.4, 0.5) is 0 Å². The molecule has 264 valence electrons. The fraction of sp³-hybridized carbons (Fsp3) is 0.556. The molecule has 48 heavy (non-hydrogen) atoms. The molecular formula is C36H49NO11. The van der Waals surface area contributed by atoms with Crippen molar-refractivity contribution in [1.29, 1.82) is 0 Å². The van der Waals surface area contributed by atoms with Gasteiger partial charge < -0.3 is 38.4 Å². The second kappa shape index (κ2) is 19.0. The summed E-state index contributed by atoms with van der Waals surface area (Å²) in [6.07, 6.45) is 2.43. The molecule has 0 spiro atoms. The number of amides is 1. The third-order valence-electron chi connectivity index (χ3n) is 8.44. The number of esters is 2. The molecule has 0 aromatic heterocycles. The Bertz CT molecular complexity index is 1380. The molecule has 0 saturated carbocycles. The molecule has 3 rings (SSSR count). The van der Waals surface area contributed by atoms with Gasteiger partial charge in [-0.1, -0.05) is 39.0 Å². The monoisotopic (exact) mass is 671 g/mol.